The zero-order valence-corrected chi connectivity index (χ0v) is 8.78. The van der Waals surface area contributed by atoms with Crippen LogP contribution in [0.1, 0.15) is 10.4 Å². The Morgan fingerprint density at radius 2 is 1.87 bits per heavy atom. The lowest BCUT2D eigenvalue weighted by Crippen LogP contribution is -2.45. The van der Waals surface area contributed by atoms with Gasteiger partial charge in [-0.3, -0.25) is 9.80 Å². The first-order valence-electron chi connectivity index (χ1n) is 4.10. The number of benzene rings is 1. The van der Waals surface area contributed by atoms with Crippen molar-refractivity contribution in [3.05, 3.63) is 34.9 Å². The van der Waals surface area contributed by atoms with E-state index >= 15 is 0 Å². The molecule has 3 N–H and O–H groups in total. The Morgan fingerprint density at radius 3 is 2.33 bits per heavy atom. The van der Waals surface area contributed by atoms with E-state index in [2.05, 4.69) is 5.43 Å². The second kappa shape index (κ2) is 4.65. The maximum atomic E-state index is 11.6. The maximum Gasteiger partial charge on any atom is 0.331 e. The minimum absolute atomic E-state index is 0.370. The molecule has 1 aromatic carbocycles. The van der Waals surface area contributed by atoms with Crippen LogP contribution in [0.25, 0.3) is 0 Å². The Labute approximate surface area is 91.8 Å². The van der Waals surface area contributed by atoms with E-state index in [-0.39, 0.29) is 5.91 Å². The van der Waals surface area contributed by atoms with Gasteiger partial charge in [0.1, 0.15) is 0 Å². The molecule has 6 heteroatoms. The van der Waals surface area contributed by atoms with Crippen LogP contribution in [0.5, 0.6) is 0 Å². The molecule has 0 aromatic heterocycles. The van der Waals surface area contributed by atoms with Crippen LogP contribution in [0.3, 0.4) is 0 Å². The highest BCUT2D eigenvalue weighted by atomic mass is 35.5. The summed E-state index contributed by atoms with van der Waals surface area (Å²) in [6.45, 7) is 0. The molecule has 0 aliphatic rings. The molecule has 0 aliphatic heterocycles. The maximum absolute atomic E-state index is 11.6. The summed E-state index contributed by atoms with van der Waals surface area (Å²) in [4.78, 5) is 22.1. The molecule has 80 valence electrons. The second-order valence-corrected chi connectivity index (χ2v) is 3.28. The third kappa shape index (κ3) is 3.14. The normalized spacial score (nSPS) is 9.47. The lowest BCUT2D eigenvalue weighted by atomic mass is 10.2. The van der Waals surface area contributed by atoms with Gasteiger partial charge < -0.3 is 5.73 Å². The van der Waals surface area contributed by atoms with Crippen molar-refractivity contribution in [1.29, 1.82) is 0 Å². The number of carbonyl (C=O) groups excluding carboxylic acids is 2. The quantitative estimate of drug-likeness (QED) is 0.703. The lowest BCUT2D eigenvalue weighted by Gasteiger charge is -2.16. The number of nitrogens with one attached hydrogen (secondary N) is 1. The Balaban J connectivity index is 2.76. The second-order valence-electron chi connectivity index (χ2n) is 2.85. The number of halogens is 1. The monoisotopic (exact) mass is 227 g/mol. The van der Waals surface area contributed by atoms with Gasteiger partial charge in [-0.1, -0.05) is 11.6 Å². The molecule has 0 saturated carbocycles. The van der Waals surface area contributed by atoms with Gasteiger partial charge in [-0.05, 0) is 24.3 Å². The van der Waals surface area contributed by atoms with Gasteiger partial charge in [-0.15, -0.1) is 0 Å². The van der Waals surface area contributed by atoms with Crippen molar-refractivity contribution in [2.45, 2.75) is 0 Å². The Morgan fingerprint density at radius 1 is 1.33 bits per heavy atom. The molecule has 1 aromatic rings. The molecule has 1 rings (SSSR count). The summed E-state index contributed by atoms with van der Waals surface area (Å²) in [5.41, 5.74) is 7.43. The number of carbonyl (C=O) groups is 2. The summed E-state index contributed by atoms with van der Waals surface area (Å²) in [6.07, 6.45) is 0. The number of urea groups is 1. The molecule has 15 heavy (non-hydrogen) atoms. The number of amides is 3. The van der Waals surface area contributed by atoms with Crippen molar-refractivity contribution < 1.29 is 9.59 Å². The van der Waals surface area contributed by atoms with Gasteiger partial charge in [0.05, 0.1) is 0 Å². The Hall–Kier alpha value is -1.75. The van der Waals surface area contributed by atoms with Crippen LogP contribution < -0.4 is 11.2 Å². The van der Waals surface area contributed by atoms with Crippen LogP contribution in [0.2, 0.25) is 5.02 Å². The summed E-state index contributed by atoms with van der Waals surface area (Å²) < 4.78 is 0. The van der Waals surface area contributed by atoms with Crippen molar-refractivity contribution in [3.8, 4) is 0 Å². The first kappa shape index (κ1) is 11.3. The van der Waals surface area contributed by atoms with E-state index < -0.39 is 6.03 Å². The summed E-state index contributed by atoms with van der Waals surface area (Å²) in [5.74, 6) is -0.370. The predicted octanol–water partition coefficient (Wildman–Crippen LogP) is 0.995. The molecule has 0 aliphatic carbocycles. The number of hydrogen-bond donors (Lipinski definition) is 2. The van der Waals surface area contributed by atoms with Crippen LogP contribution in [0.15, 0.2) is 24.3 Å². The van der Waals surface area contributed by atoms with E-state index in [0.717, 1.165) is 5.01 Å². The number of hydrazine groups is 1. The van der Waals surface area contributed by atoms with E-state index in [4.69, 9.17) is 17.3 Å². The summed E-state index contributed by atoms with van der Waals surface area (Å²) in [6, 6.07) is 5.51. The van der Waals surface area contributed by atoms with Crippen molar-refractivity contribution in [1.82, 2.24) is 10.4 Å². The topological polar surface area (TPSA) is 75.4 Å². The highest BCUT2D eigenvalue weighted by Crippen LogP contribution is 2.10. The molecule has 0 atom stereocenters. The first-order valence-corrected chi connectivity index (χ1v) is 4.48. The van der Waals surface area contributed by atoms with E-state index in [1.807, 2.05) is 0 Å². The van der Waals surface area contributed by atoms with E-state index in [1.54, 1.807) is 24.3 Å². The Kier molecular flexibility index (Phi) is 3.51. The molecule has 0 saturated heterocycles. The average Bonchev–Trinajstić information content (AvgIpc) is 2.17. The fraction of sp³-hybridized carbons (Fsp3) is 0.111. The molecular formula is C9H10ClN3O2. The molecule has 0 radical (unpaired) electrons. The van der Waals surface area contributed by atoms with Crippen LogP contribution in [0, 0.1) is 0 Å². The van der Waals surface area contributed by atoms with Gasteiger partial charge in [0.25, 0.3) is 5.91 Å². The third-order valence-electron chi connectivity index (χ3n) is 1.67. The van der Waals surface area contributed by atoms with Crippen molar-refractivity contribution in [2.75, 3.05) is 7.05 Å². The molecule has 0 fully saturated rings. The molecule has 0 spiro atoms. The van der Waals surface area contributed by atoms with E-state index in [9.17, 15) is 9.59 Å². The fourth-order valence-electron chi connectivity index (χ4n) is 1.00. The zero-order chi connectivity index (χ0) is 11.4. The molecule has 5 nitrogen and oxygen atoms in total. The summed E-state index contributed by atoms with van der Waals surface area (Å²) in [5, 5.41) is 1.54. The zero-order valence-electron chi connectivity index (χ0n) is 8.03. The standard InChI is InChI=1S/C9H10ClN3O2/c1-13(12-9(11)15)8(14)6-2-4-7(10)5-3-6/h2-5H,1H3,(H3,11,12,15). The van der Waals surface area contributed by atoms with Crippen LogP contribution >= 0.6 is 11.6 Å². The van der Waals surface area contributed by atoms with Crippen LogP contribution in [0.4, 0.5) is 4.79 Å². The smallest absolute Gasteiger partial charge is 0.331 e. The fourth-order valence-corrected chi connectivity index (χ4v) is 1.13. The SMILES string of the molecule is CN(NC(N)=O)C(=O)c1ccc(Cl)cc1. The number of rotatable bonds is 1. The highest BCUT2D eigenvalue weighted by Gasteiger charge is 2.11. The van der Waals surface area contributed by atoms with Crippen LogP contribution in [-0.2, 0) is 0 Å². The van der Waals surface area contributed by atoms with Crippen LogP contribution in [-0.4, -0.2) is 24.0 Å². The van der Waals surface area contributed by atoms with Gasteiger partial charge >= 0.3 is 6.03 Å². The average molecular weight is 228 g/mol. The van der Waals surface area contributed by atoms with Crippen molar-refractivity contribution in [2.24, 2.45) is 5.73 Å². The number of hydrogen-bond acceptors (Lipinski definition) is 2. The molecule has 3 amide bonds. The lowest BCUT2D eigenvalue weighted by molar-refractivity contribution is 0.0738. The minimum atomic E-state index is -0.792. The molecular weight excluding hydrogens is 218 g/mol. The van der Waals surface area contributed by atoms with Gasteiger partial charge in [0.15, 0.2) is 0 Å². The largest absolute Gasteiger partial charge is 0.350 e. The molecule has 0 unspecified atom stereocenters. The van der Waals surface area contributed by atoms with Gasteiger partial charge in [0, 0.05) is 17.6 Å². The molecule has 0 heterocycles. The first-order chi connectivity index (χ1) is 7.00. The van der Waals surface area contributed by atoms with Gasteiger partial charge in [0.2, 0.25) is 0 Å². The van der Waals surface area contributed by atoms with E-state index in [1.165, 1.54) is 7.05 Å². The molecule has 0 bridgehead atoms. The minimum Gasteiger partial charge on any atom is -0.350 e. The number of nitrogens with zero attached hydrogens (tertiary/aromatic N) is 1. The summed E-state index contributed by atoms with van der Waals surface area (Å²) in [7, 11) is 1.40. The van der Waals surface area contributed by atoms with Gasteiger partial charge in [-0.25, -0.2) is 10.2 Å². The van der Waals surface area contributed by atoms with Crippen molar-refractivity contribution >= 4 is 23.5 Å². The van der Waals surface area contributed by atoms with E-state index in [0.29, 0.717) is 10.6 Å². The third-order valence-corrected chi connectivity index (χ3v) is 1.93. The Bertz CT molecular complexity index is 377. The number of primary amides is 1. The summed E-state index contributed by atoms with van der Waals surface area (Å²) >= 11 is 5.67. The number of nitrogens with two attached hydrogens (primary N) is 1. The highest BCUT2D eigenvalue weighted by molar-refractivity contribution is 6.30. The predicted molar refractivity (Wildman–Crippen MR) is 56.3 cm³/mol. The van der Waals surface area contributed by atoms with Crippen molar-refractivity contribution in [3.63, 3.8) is 0 Å². The van der Waals surface area contributed by atoms with Gasteiger partial charge in [-0.2, -0.15) is 0 Å².